The molecule has 68 heavy (non-hydrogen) atoms. The number of benzene rings is 2. The largest absolute Gasteiger partial charge is 0.370 e. The van der Waals surface area contributed by atoms with Crippen molar-refractivity contribution in [3.8, 4) is 0 Å². The van der Waals surface area contributed by atoms with Crippen LogP contribution in [0.3, 0.4) is 0 Å². The highest BCUT2D eigenvalue weighted by molar-refractivity contribution is 5.46. The summed E-state index contributed by atoms with van der Waals surface area (Å²) in [5.41, 5.74) is 4.51. The minimum Gasteiger partial charge on any atom is -0.370 e. The molecule has 2 saturated heterocycles. The molecule has 4 aromatic heterocycles. The smallest absolute Gasteiger partial charge is 0.165 e. The minimum atomic E-state index is -0.878. The number of fused-ring (bicyclic) bond motifs is 6. The first-order chi connectivity index (χ1) is 33.1. The fourth-order valence-electron chi connectivity index (χ4n) is 12.0. The molecule has 356 valence electrons. The van der Waals surface area contributed by atoms with Gasteiger partial charge >= 0.3 is 0 Å². The van der Waals surface area contributed by atoms with Crippen molar-refractivity contribution in [3.63, 3.8) is 0 Å². The summed E-state index contributed by atoms with van der Waals surface area (Å²) >= 11 is 0. The maximum Gasteiger partial charge on any atom is 0.165 e. The van der Waals surface area contributed by atoms with Gasteiger partial charge in [0, 0.05) is 76.5 Å². The van der Waals surface area contributed by atoms with Gasteiger partial charge in [-0.3, -0.25) is 0 Å². The van der Waals surface area contributed by atoms with Crippen molar-refractivity contribution in [2.45, 2.75) is 90.5 Å². The van der Waals surface area contributed by atoms with E-state index in [1.807, 2.05) is 35.6 Å². The van der Waals surface area contributed by atoms with Gasteiger partial charge in [0.2, 0.25) is 0 Å². The quantitative estimate of drug-likeness (QED) is 0.138. The molecule has 0 amide bonds. The second-order valence-corrected chi connectivity index (χ2v) is 19.6. The van der Waals surface area contributed by atoms with E-state index in [1.165, 1.54) is 37.8 Å². The van der Waals surface area contributed by atoms with Crippen LogP contribution in [0.15, 0.2) is 60.9 Å². The van der Waals surface area contributed by atoms with Crippen LogP contribution in [-0.4, -0.2) is 89.3 Å². The molecule has 8 heterocycles. The molecular weight excluding hydrogens is 877 g/mol. The van der Waals surface area contributed by atoms with Gasteiger partial charge in [-0.05, 0) is 112 Å². The summed E-state index contributed by atoms with van der Waals surface area (Å²) in [5, 5.41) is 26.0. The lowest BCUT2D eigenvalue weighted by atomic mass is 9.82. The molecular formula is C50H56F4N12O2. The Morgan fingerprint density at radius 1 is 0.574 bits per heavy atom. The van der Waals surface area contributed by atoms with Gasteiger partial charge in [-0.1, -0.05) is 24.3 Å². The summed E-state index contributed by atoms with van der Waals surface area (Å²) in [7, 11) is 0. The number of nitrogens with zero attached hydrogens (tertiary/aromatic N) is 12. The second-order valence-electron chi connectivity index (χ2n) is 19.6. The van der Waals surface area contributed by atoms with E-state index in [-0.39, 0.29) is 11.1 Å². The van der Waals surface area contributed by atoms with Gasteiger partial charge in [-0.25, -0.2) is 36.9 Å². The summed E-state index contributed by atoms with van der Waals surface area (Å²) in [6.07, 6.45) is 10.1. The van der Waals surface area contributed by atoms with E-state index in [4.69, 9.17) is 29.6 Å². The fourth-order valence-corrected chi connectivity index (χ4v) is 12.0. The van der Waals surface area contributed by atoms with Crippen molar-refractivity contribution in [2.75, 3.05) is 49.2 Å². The Kier molecular flexibility index (Phi) is 12.4. The van der Waals surface area contributed by atoms with Crippen molar-refractivity contribution in [3.05, 3.63) is 130 Å². The molecule has 18 heteroatoms. The zero-order valence-electron chi connectivity index (χ0n) is 38.4. The molecule has 2 aromatic carbocycles. The third kappa shape index (κ3) is 8.85. The van der Waals surface area contributed by atoms with Gasteiger partial charge in [0.05, 0.1) is 35.2 Å². The molecule has 6 aliphatic rings. The van der Waals surface area contributed by atoms with E-state index in [9.17, 15) is 17.6 Å². The van der Waals surface area contributed by atoms with Crippen LogP contribution in [0, 0.1) is 72.6 Å². The number of hydrogen-bond acceptors (Lipinski definition) is 12. The molecule has 2 saturated carbocycles. The topological polar surface area (TPSA) is 138 Å². The highest BCUT2D eigenvalue weighted by Gasteiger charge is 2.44. The molecule has 0 radical (unpaired) electrons. The number of anilines is 2. The molecule has 4 aliphatic heterocycles. The summed E-state index contributed by atoms with van der Waals surface area (Å²) in [4.78, 5) is 14.5. The van der Waals surface area contributed by atoms with Gasteiger partial charge in [0.1, 0.15) is 12.2 Å². The Morgan fingerprint density at radius 2 is 0.985 bits per heavy atom. The number of rotatable bonds is 8. The van der Waals surface area contributed by atoms with Crippen LogP contribution < -0.4 is 9.80 Å². The lowest BCUT2D eigenvalue weighted by Gasteiger charge is -2.39. The maximum atomic E-state index is 14.6. The van der Waals surface area contributed by atoms with Crippen molar-refractivity contribution >= 4 is 11.4 Å². The highest BCUT2D eigenvalue weighted by atomic mass is 19.2. The summed E-state index contributed by atoms with van der Waals surface area (Å²) in [5.74, 6) is 2.51. The average Bonchev–Trinajstić information content (AvgIpc) is 3.95. The lowest BCUT2D eigenvalue weighted by molar-refractivity contribution is 0.0780. The normalized spacial score (nSPS) is 26.4. The standard InChI is InChI=1S/2C25H28F2N6O/c2*1-15-10-18(12-28-30-15)32-13-16-6-7-17(14-32)20(16)11-22-29-25-24(34-9-3-8-33(25)31-22)19-4-2-5-21(26)23(19)27/h2*2,4-5,10,12,16-17,20,24H,3,6-9,11,13-14H2,1H3/t2*16-,17+,20?,24-/m10/s1. The van der Waals surface area contributed by atoms with E-state index in [1.54, 1.807) is 12.1 Å². The van der Waals surface area contributed by atoms with E-state index < -0.39 is 35.5 Å². The maximum absolute atomic E-state index is 14.6. The number of aryl methyl sites for hydroxylation is 4. The zero-order valence-corrected chi connectivity index (χ0v) is 38.4. The van der Waals surface area contributed by atoms with Crippen molar-refractivity contribution in [1.29, 1.82) is 0 Å². The van der Waals surface area contributed by atoms with Crippen LogP contribution in [0.1, 0.15) is 96.5 Å². The molecule has 4 fully saturated rings. The molecule has 14 nitrogen and oxygen atoms in total. The lowest BCUT2D eigenvalue weighted by Crippen LogP contribution is -2.43. The van der Waals surface area contributed by atoms with E-state index in [0.717, 1.165) is 98.4 Å². The van der Waals surface area contributed by atoms with Crippen LogP contribution in [0.25, 0.3) is 0 Å². The van der Waals surface area contributed by atoms with Gasteiger partial charge in [-0.2, -0.15) is 30.6 Å². The fraction of sp³-hybridized carbons (Fsp3) is 0.520. The molecule has 0 spiro atoms. The molecule has 2 unspecified atom stereocenters. The Labute approximate surface area is 392 Å². The van der Waals surface area contributed by atoms with E-state index in [2.05, 4.69) is 42.3 Å². The number of hydrogen-bond donors (Lipinski definition) is 0. The van der Waals surface area contributed by atoms with Gasteiger partial charge in [-0.15, -0.1) is 0 Å². The summed E-state index contributed by atoms with van der Waals surface area (Å²) in [6.45, 7) is 10.2. The Hall–Kier alpha value is -5.88. The Morgan fingerprint density at radius 3 is 1.38 bits per heavy atom. The van der Waals surface area contributed by atoms with Crippen LogP contribution in [-0.2, 0) is 35.4 Å². The molecule has 8 atom stereocenters. The van der Waals surface area contributed by atoms with Crippen LogP contribution >= 0.6 is 0 Å². The number of piperidine rings is 2. The average molecular weight is 933 g/mol. The minimum absolute atomic E-state index is 0.178. The first kappa shape index (κ1) is 44.6. The third-order valence-corrected chi connectivity index (χ3v) is 15.2. The Balaban J connectivity index is 0.000000149. The zero-order chi connectivity index (χ0) is 46.5. The number of aromatic nitrogens is 10. The molecule has 6 aromatic rings. The first-order valence-corrected chi connectivity index (χ1v) is 24.2. The van der Waals surface area contributed by atoms with Crippen molar-refractivity contribution in [1.82, 2.24) is 49.9 Å². The van der Waals surface area contributed by atoms with E-state index >= 15 is 0 Å². The van der Waals surface area contributed by atoms with Crippen LogP contribution in [0.2, 0.25) is 0 Å². The predicted octanol–water partition coefficient (Wildman–Crippen LogP) is 7.74. The predicted molar refractivity (Wildman–Crippen MR) is 242 cm³/mol. The summed E-state index contributed by atoms with van der Waals surface area (Å²) in [6, 6.07) is 12.6. The SMILES string of the molecule is Cc1cc(N2C[C@H]3CC[C@@H](C2)C3Cc2nc3n(n2)CCCO[C@@H]3c2cccc(F)c2F)cnn1.Cc1cc(N2C[C@H]3CC[C@@H](C2)C3Cc2nc3n(n2)CCCO[C@H]3c2cccc(F)c2F)cnn1. The first-order valence-electron chi connectivity index (χ1n) is 24.2. The van der Waals surface area contributed by atoms with Crippen molar-refractivity contribution < 1.29 is 27.0 Å². The third-order valence-electron chi connectivity index (χ3n) is 15.2. The molecule has 2 aliphatic carbocycles. The second kappa shape index (κ2) is 18.9. The highest BCUT2D eigenvalue weighted by Crippen LogP contribution is 2.46. The number of ether oxygens (including phenoxy) is 2. The van der Waals surface area contributed by atoms with Crippen molar-refractivity contribution in [2.24, 2.45) is 35.5 Å². The monoisotopic (exact) mass is 932 g/mol. The van der Waals surface area contributed by atoms with Crippen LogP contribution in [0.4, 0.5) is 28.9 Å². The van der Waals surface area contributed by atoms with Gasteiger partial charge < -0.3 is 19.3 Å². The molecule has 0 N–H and O–H groups in total. The Bertz CT molecular complexity index is 2560. The van der Waals surface area contributed by atoms with E-state index in [0.29, 0.717) is 73.5 Å². The summed E-state index contributed by atoms with van der Waals surface area (Å²) < 4.78 is 72.5. The number of halogens is 4. The molecule has 12 rings (SSSR count). The molecule has 4 bridgehead atoms. The van der Waals surface area contributed by atoms with Gasteiger partial charge in [0.15, 0.2) is 46.6 Å². The van der Waals surface area contributed by atoms with Gasteiger partial charge in [0.25, 0.3) is 0 Å². The van der Waals surface area contributed by atoms with Crippen LogP contribution in [0.5, 0.6) is 0 Å².